The number of benzene rings is 2. The Hall–Kier alpha value is -4.52. The number of nitrogens with zero attached hydrogens (tertiary/aromatic N) is 6. The van der Waals surface area contributed by atoms with Crippen LogP contribution in [0.4, 0.5) is 5.95 Å². The topological polar surface area (TPSA) is 147 Å². The standard InChI is InChI=1S/C26H27N7O5S/c1-15-13-27-24(28-14-15)16(2)17(3)39(34,35)32-26-30-29-25(22-18-9-6-7-10-19(18)38-31-22)33(26)23-20(36-4)11-8-12-21(23)37-5/h6-14,16-17H,1-5H3,(H,30,32)/t16-,17-/m0/s1. The van der Waals surface area contributed by atoms with Crippen LogP contribution in [-0.2, 0) is 10.0 Å². The van der Waals surface area contributed by atoms with Crippen LogP contribution in [0.1, 0.15) is 31.2 Å². The number of sulfonamides is 1. The van der Waals surface area contributed by atoms with Crippen molar-refractivity contribution in [1.29, 1.82) is 0 Å². The molecule has 0 amide bonds. The summed E-state index contributed by atoms with van der Waals surface area (Å²) in [6.07, 6.45) is 3.31. The highest BCUT2D eigenvalue weighted by Gasteiger charge is 2.33. The highest BCUT2D eigenvalue weighted by molar-refractivity contribution is 7.93. The Balaban J connectivity index is 1.65. The summed E-state index contributed by atoms with van der Waals surface area (Å²) in [5.41, 5.74) is 2.17. The van der Waals surface area contributed by atoms with Crippen molar-refractivity contribution in [3.05, 3.63) is 66.2 Å². The molecule has 5 rings (SSSR count). The van der Waals surface area contributed by atoms with Crippen molar-refractivity contribution in [2.24, 2.45) is 0 Å². The number of anilines is 1. The summed E-state index contributed by atoms with van der Waals surface area (Å²) >= 11 is 0. The maximum Gasteiger partial charge on any atom is 0.243 e. The molecule has 0 spiro atoms. The molecule has 3 heterocycles. The zero-order valence-corrected chi connectivity index (χ0v) is 22.8. The van der Waals surface area contributed by atoms with E-state index in [0.29, 0.717) is 39.7 Å². The van der Waals surface area contributed by atoms with Gasteiger partial charge in [-0.15, -0.1) is 10.2 Å². The average molecular weight is 550 g/mol. The van der Waals surface area contributed by atoms with Crippen molar-refractivity contribution in [3.63, 3.8) is 0 Å². The lowest BCUT2D eigenvalue weighted by Gasteiger charge is -2.21. The third-order valence-corrected chi connectivity index (χ3v) is 8.37. The lowest BCUT2D eigenvalue weighted by Crippen LogP contribution is -2.31. The van der Waals surface area contributed by atoms with Crippen LogP contribution in [-0.4, -0.2) is 57.8 Å². The van der Waals surface area contributed by atoms with Gasteiger partial charge in [-0.05, 0) is 43.7 Å². The highest BCUT2D eigenvalue weighted by Crippen LogP contribution is 2.39. The van der Waals surface area contributed by atoms with Crippen LogP contribution in [0.2, 0.25) is 0 Å². The fourth-order valence-electron chi connectivity index (χ4n) is 4.15. The van der Waals surface area contributed by atoms with E-state index in [2.05, 4.69) is 30.0 Å². The second kappa shape index (κ2) is 10.3. The number of rotatable bonds is 9. The summed E-state index contributed by atoms with van der Waals surface area (Å²) < 4.78 is 48.1. The number of fused-ring (bicyclic) bond motifs is 1. The first-order chi connectivity index (χ1) is 18.7. The fraction of sp³-hybridized carbons (Fsp3) is 0.269. The second-order valence-electron chi connectivity index (χ2n) is 8.98. The normalized spacial score (nSPS) is 13.3. The Kier molecular flexibility index (Phi) is 6.91. The molecule has 0 bridgehead atoms. The molecule has 202 valence electrons. The lowest BCUT2D eigenvalue weighted by atomic mass is 10.1. The SMILES string of the molecule is COc1cccc(OC)c1-n1c(NS(=O)(=O)[C@@H](C)[C@H](C)c2ncc(C)cn2)nnc1-c1noc2ccccc12. The third kappa shape index (κ3) is 4.76. The van der Waals surface area contributed by atoms with Crippen LogP contribution >= 0.6 is 0 Å². The van der Waals surface area contributed by atoms with Crippen molar-refractivity contribution in [2.75, 3.05) is 18.9 Å². The minimum absolute atomic E-state index is 0.0799. The first-order valence-corrected chi connectivity index (χ1v) is 13.6. The number of hydrogen-bond donors (Lipinski definition) is 1. The summed E-state index contributed by atoms with van der Waals surface area (Å²) in [6.45, 7) is 5.22. The van der Waals surface area contributed by atoms with Gasteiger partial charge in [-0.25, -0.2) is 18.4 Å². The summed E-state index contributed by atoms with van der Waals surface area (Å²) in [5, 5.41) is 12.5. The van der Waals surface area contributed by atoms with Gasteiger partial charge in [-0.2, -0.15) is 0 Å². The third-order valence-electron chi connectivity index (χ3n) is 6.51. The van der Waals surface area contributed by atoms with E-state index in [9.17, 15) is 8.42 Å². The van der Waals surface area contributed by atoms with E-state index in [1.165, 1.54) is 18.8 Å². The van der Waals surface area contributed by atoms with Crippen LogP contribution in [0.3, 0.4) is 0 Å². The molecule has 3 aromatic heterocycles. The van der Waals surface area contributed by atoms with Gasteiger partial charge in [0.25, 0.3) is 0 Å². The van der Waals surface area contributed by atoms with E-state index < -0.39 is 21.2 Å². The Morgan fingerprint density at radius 2 is 1.62 bits per heavy atom. The maximum absolute atomic E-state index is 13.6. The molecule has 2 aromatic carbocycles. The predicted octanol–water partition coefficient (Wildman–Crippen LogP) is 4.13. The molecule has 13 heteroatoms. The van der Waals surface area contributed by atoms with E-state index in [4.69, 9.17) is 14.0 Å². The van der Waals surface area contributed by atoms with Gasteiger partial charge in [-0.3, -0.25) is 9.29 Å². The van der Waals surface area contributed by atoms with Crippen LogP contribution in [0.15, 0.2) is 59.4 Å². The predicted molar refractivity (Wildman–Crippen MR) is 145 cm³/mol. The van der Waals surface area contributed by atoms with Gasteiger partial charge in [0, 0.05) is 18.3 Å². The molecular weight excluding hydrogens is 522 g/mol. The van der Waals surface area contributed by atoms with Crippen LogP contribution < -0.4 is 14.2 Å². The number of methoxy groups -OCH3 is 2. The molecule has 0 fully saturated rings. The molecular formula is C26H27N7O5S. The van der Waals surface area contributed by atoms with Gasteiger partial charge in [0.15, 0.2) is 17.1 Å². The van der Waals surface area contributed by atoms with E-state index in [-0.39, 0.29) is 11.8 Å². The van der Waals surface area contributed by atoms with Gasteiger partial charge < -0.3 is 14.0 Å². The zero-order valence-electron chi connectivity index (χ0n) is 22.0. The number of aromatic nitrogens is 6. The van der Waals surface area contributed by atoms with Crippen LogP contribution in [0.5, 0.6) is 11.5 Å². The minimum Gasteiger partial charge on any atom is -0.494 e. The zero-order chi connectivity index (χ0) is 27.7. The van der Waals surface area contributed by atoms with Crippen molar-refractivity contribution in [3.8, 4) is 28.7 Å². The lowest BCUT2D eigenvalue weighted by molar-refractivity contribution is 0.391. The van der Waals surface area contributed by atoms with Crippen LogP contribution in [0, 0.1) is 6.92 Å². The number of ether oxygens (including phenoxy) is 2. The molecule has 1 N–H and O–H groups in total. The first kappa shape index (κ1) is 26.1. The molecule has 0 saturated heterocycles. The van der Waals surface area contributed by atoms with Crippen molar-refractivity contribution >= 4 is 26.9 Å². The summed E-state index contributed by atoms with van der Waals surface area (Å²) in [7, 11) is -1.01. The van der Waals surface area contributed by atoms with Crippen molar-refractivity contribution < 1.29 is 22.4 Å². The van der Waals surface area contributed by atoms with Gasteiger partial charge in [0.2, 0.25) is 16.0 Å². The van der Waals surface area contributed by atoms with E-state index >= 15 is 0 Å². The number of hydrogen-bond acceptors (Lipinski definition) is 10. The molecule has 0 saturated carbocycles. The summed E-state index contributed by atoms with van der Waals surface area (Å²) in [6, 6.07) is 12.5. The summed E-state index contributed by atoms with van der Waals surface area (Å²) in [5.74, 6) is 0.850. The van der Waals surface area contributed by atoms with Gasteiger partial charge in [0.1, 0.15) is 23.0 Å². The first-order valence-electron chi connectivity index (χ1n) is 12.1. The van der Waals surface area contributed by atoms with E-state index in [1.807, 2.05) is 25.1 Å². The highest BCUT2D eigenvalue weighted by atomic mass is 32.2. The fourth-order valence-corrected chi connectivity index (χ4v) is 5.38. The van der Waals surface area contributed by atoms with E-state index in [1.54, 1.807) is 50.5 Å². The second-order valence-corrected chi connectivity index (χ2v) is 11.0. The molecule has 0 aliphatic heterocycles. The average Bonchev–Trinajstić information content (AvgIpc) is 3.55. The number of para-hydroxylation sites is 2. The van der Waals surface area contributed by atoms with Gasteiger partial charge in [-0.1, -0.05) is 30.3 Å². The summed E-state index contributed by atoms with van der Waals surface area (Å²) in [4.78, 5) is 8.62. The largest absolute Gasteiger partial charge is 0.494 e. The Labute approximate surface area is 225 Å². The molecule has 0 aliphatic carbocycles. The Morgan fingerprint density at radius 1 is 0.949 bits per heavy atom. The monoisotopic (exact) mass is 549 g/mol. The Bertz CT molecular complexity index is 1710. The maximum atomic E-state index is 13.6. The molecule has 39 heavy (non-hydrogen) atoms. The molecule has 0 aliphatic rings. The van der Waals surface area contributed by atoms with Gasteiger partial charge in [0.05, 0.1) is 24.9 Å². The van der Waals surface area contributed by atoms with Crippen molar-refractivity contribution in [2.45, 2.75) is 31.9 Å². The molecule has 0 radical (unpaired) electrons. The molecule has 12 nitrogen and oxygen atoms in total. The number of nitrogens with one attached hydrogen (secondary N) is 1. The van der Waals surface area contributed by atoms with Gasteiger partial charge >= 0.3 is 0 Å². The minimum atomic E-state index is -4.02. The molecule has 2 atom stereocenters. The van der Waals surface area contributed by atoms with Crippen molar-refractivity contribution in [1.82, 2.24) is 29.9 Å². The smallest absolute Gasteiger partial charge is 0.243 e. The Morgan fingerprint density at radius 3 is 2.28 bits per heavy atom. The molecule has 0 unspecified atom stereocenters. The quantitative estimate of drug-likeness (QED) is 0.285. The number of aryl methyl sites for hydroxylation is 1. The van der Waals surface area contributed by atoms with Crippen LogP contribution in [0.25, 0.3) is 28.2 Å². The van der Waals surface area contributed by atoms with E-state index in [0.717, 1.165) is 5.56 Å². The molecule has 5 aromatic rings.